The number of benzene rings is 1. The summed E-state index contributed by atoms with van der Waals surface area (Å²) in [6, 6.07) is 12.3. The molecule has 0 saturated heterocycles. The van der Waals surface area contributed by atoms with Crippen molar-refractivity contribution in [1.29, 1.82) is 0 Å². The number of anilines is 1. The van der Waals surface area contributed by atoms with E-state index in [1.807, 2.05) is 30.3 Å². The lowest BCUT2D eigenvalue weighted by Gasteiger charge is -2.12. The van der Waals surface area contributed by atoms with Gasteiger partial charge in [-0.3, -0.25) is 4.79 Å². The van der Waals surface area contributed by atoms with Crippen molar-refractivity contribution < 1.29 is 23.5 Å². The Labute approximate surface area is 170 Å². The number of esters is 1. The molecule has 3 aromatic heterocycles. The molecule has 0 spiro atoms. The molecule has 0 aliphatic rings. The number of nitrogens with one attached hydrogen (secondary N) is 2. The van der Waals surface area contributed by atoms with Gasteiger partial charge in [0.1, 0.15) is 30.0 Å². The number of H-pyrrole nitrogens is 1. The van der Waals surface area contributed by atoms with Crippen LogP contribution in [0.4, 0.5) is 5.82 Å². The van der Waals surface area contributed by atoms with Gasteiger partial charge in [-0.05, 0) is 31.2 Å². The summed E-state index contributed by atoms with van der Waals surface area (Å²) in [5, 5.41) is 2.58. The zero-order chi connectivity index (χ0) is 20.9. The van der Waals surface area contributed by atoms with Crippen LogP contribution in [-0.2, 0) is 16.1 Å². The van der Waals surface area contributed by atoms with Crippen LogP contribution in [0, 0.1) is 0 Å². The van der Waals surface area contributed by atoms with Crippen LogP contribution < -0.4 is 10.1 Å². The first-order chi connectivity index (χ1) is 14.6. The van der Waals surface area contributed by atoms with Crippen molar-refractivity contribution in [2.45, 2.75) is 19.6 Å². The van der Waals surface area contributed by atoms with E-state index in [0.29, 0.717) is 22.7 Å². The van der Waals surface area contributed by atoms with Crippen molar-refractivity contribution in [2.75, 3.05) is 5.32 Å². The Morgan fingerprint density at radius 2 is 1.97 bits per heavy atom. The van der Waals surface area contributed by atoms with Gasteiger partial charge in [-0.1, -0.05) is 18.2 Å². The number of amides is 1. The van der Waals surface area contributed by atoms with Crippen molar-refractivity contribution in [3.63, 3.8) is 0 Å². The molecule has 0 bridgehead atoms. The van der Waals surface area contributed by atoms with Crippen molar-refractivity contribution >= 4 is 28.9 Å². The summed E-state index contributed by atoms with van der Waals surface area (Å²) in [6.07, 6.45) is 1.63. The van der Waals surface area contributed by atoms with Crippen molar-refractivity contribution in [3.8, 4) is 5.75 Å². The first-order valence-electron chi connectivity index (χ1n) is 9.02. The minimum absolute atomic E-state index is 0.0284. The maximum absolute atomic E-state index is 12.4. The lowest BCUT2D eigenvalue weighted by molar-refractivity contribution is -0.123. The van der Waals surface area contributed by atoms with E-state index < -0.39 is 18.0 Å². The number of fused-ring (bicyclic) bond motifs is 1. The van der Waals surface area contributed by atoms with Crippen LogP contribution in [0.25, 0.3) is 11.2 Å². The Balaban J connectivity index is 1.33. The number of furan rings is 1. The summed E-state index contributed by atoms with van der Waals surface area (Å²) >= 11 is 0. The van der Waals surface area contributed by atoms with Gasteiger partial charge < -0.3 is 24.2 Å². The third-order valence-corrected chi connectivity index (χ3v) is 4.10. The number of ether oxygens (including phenoxy) is 2. The molecular weight excluding hydrogens is 390 g/mol. The summed E-state index contributed by atoms with van der Waals surface area (Å²) in [5.74, 6) is 0.0168. The second-order valence-electron chi connectivity index (χ2n) is 6.23. The maximum atomic E-state index is 12.4. The van der Waals surface area contributed by atoms with E-state index in [-0.39, 0.29) is 18.2 Å². The highest BCUT2D eigenvalue weighted by molar-refractivity contribution is 6.00. The quantitative estimate of drug-likeness (QED) is 0.447. The fourth-order valence-electron chi connectivity index (χ4n) is 2.59. The number of imidazole rings is 1. The molecule has 1 amide bonds. The molecule has 0 aliphatic heterocycles. The Morgan fingerprint density at radius 1 is 1.13 bits per heavy atom. The minimum atomic E-state index is -1.08. The molecule has 1 atom stereocenters. The fraction of sp³-hybridized carbons (Fsp3) is 0.150. The highest BCUT2D eigenvalue weighted by Crippen LogP contribution is 2.17. The molecule has 3 heterocycles. The molecule has 152 valence electrons. The van der Waals surface area contributed by atoms with E-state index in [1.54, 1.807) is 6.07 Å². The Kier molecular flexibility index (Phi) is 5.37. The average Bonchev–Trinajstić information content (AvgIpc) is 3.43. The highest BCUT2D eigenvalue weighted by Gasteiger charge is 2.22. The molecule has 4 rings (SSSR count). The van der Waals surface area contributed by atoms with Gasteiger partial charge in [0.15, 0.2) is 17.6 Å². The van der Waals surface area contributed by atoms with Gasteiger partial charge >= 0.3 is 5.97 Å². The first-order valence-corrected chi connectivity index (χ1v) is 9.02. The van der Waals surface area contributed by atoms with E-state index in [1.165, 1.54) is 25.6 Å². The van der Waals surface area contributed by atoms with Gasteiger partial charge in [0.25, 0.3) is 5.91 Å². The van der Waals surface area contributed by atoms with Crippen LogP contribution in [0.3, 0.4) is 0 Å². The normalized spacial score (nSPS) is 11.8. The van der Waals surface area contributed by atoms with E-state index in [9.17, 15) is 9.59 Å². The summed E-state index contributed by atoms with van der Waals surface area (Å²) in [4.78, 5) is 39.5. The molecule has 0 unspecified atom stereocenters. The Hall–Kier alpha value is -4.21. The van der Waals surface area contributed by atoms with E-state index >= 15 is 0 Å². The van der Waals surface area contributed by atoms with Crippen LogP contribution in [0.2, 0.25) is 0 Å². The molecule has 30 heavy (non-hydrogen) atoms. The van der Waals surface area contributed by atoms with Gasteiger partial charge in [-0.25, -0.2) is 19.7 Å². The third-order valence-electron chi connectivity index (χ3n) is 4.10. The van der Waals surface area contributed by atoms with Crippen molar-refractivity contribution in [3.05, 3.63) is 66.6 Å². The molecule has 4 aromatic rings. The SMILES string of the molecule is C[C@H](OC(=O)c1ccc(COc2ccccc2)o1)C(=O)Nc1ncnc2nc[nH]c12. The standard InChI is InChI=1S/C20H17N5O5/c1-12(19(26)25-18-16-17(22-10-21-16)23-11-24-18)29-20(27)15-8-7-14(30-15)9-28-13-5-3-2-4-6-13/h2-8,10-12H,9H2,1H3,(H2,21,22,23,24,25,26)/t12-/m0/s1. The molecule has 0 saturated carbocycles. The number of carbonyl (C=O) groups excluding carboxylic acids is 2. The molecular formula is C20H17N5O5. The second kappa shape index (κ2) is 8.43. The number of carbonyl (C=O) groups is 2. The Bertz CT molecular complexity index is 1170. The fourth-order valence-corrected chi connectivity index (χ4v) is 2.59. The predicted octanol–water partition coefficient (Wildman–Crippen LogP) is 2.71. The lowest BCUT2D eigenvalue weighted by Crippen LogP contribution is -2.30. The number of rotatable bonds is 7. The molecule has 2 N–H and O–H groups in total. The Morgan fingerprint density at radius 3 is 2.80 bits per heavy atom. The third kappa shape index (κ3) is 4.27. The van der Waals surface area contributed by atoms with Crippen LogP contribution >= 0.6 is 0 Å². The molecule has 10 nitrogen and oxygen atoms in total. The van der Waals surface area contributed by atoms with Crippen LogP contribution in [0.5, 0.6) is 5.75 Å². The topological polar surface area (TPSA) is 132 Å². The van der Waals surface area contributed by atoms with Gasteiger partial charge in [-0.15, -0.1) is 0 Å². The number of nitrogens with zero attached hydrogens (tertiary/aromatic N) is 3. The zero-order valence-corrected chi connectivity index (χ0v) is 15.9. The zero-order valence-electron chi connectivity index (χ0n) is 15.9. The molecule has 0 fully saturated rings. The van der Waals surface area contributed by atoms with Gasteiger partial charge in [0.2, 0.25) is 5.76 Å². The second-order valence-corrected chi connectivity index (χ2v) is 6.23. The highest BCUT2D eigenvalue weighted by atomic mass is 16.6. The van der Waals surface area contributed by atoms with Crippen LogP contribution in [0.15, 0.2) is 59.5 Å². The number of aromatic amines is 1. The molecule has 10 heteroatoms. The number of hydrogen-bond donors (Lipinski definition) is 2. The predicted molar refractivity (Wildman–Crippen MR) is 105 cm³/mol. The van der Waals surface area contributed by atoms with Crippen molar-refractivity contribution in [2.24, 2.45) is 0 Å². The summed E-state index contributed by atoms with van der Waals surface area (Å²) in [7, 11) is 0. The average molecular weight is 407 g/mol. The maximum Gasteiger partial charge on any atom is 0.375 e. The lowest BCUT2D eigenvalue weighted by atomic mass is 10.3. The number of hydrogen-bond acceptors (Lipinski definition) is 8. The molecule has 0 aliphatic carbocycles. The summed E-state index contributed by atoms with van der Waals surface area (Å²) in [6.45, 7) is 1.60. The van der Waals surface area contributed by atoms with E-state index in [4.69, 9.17) is 13.9 Å². The number of para-hydroxylation sites is 1. The van der Waals surface area contributed by atoms with Crippen LogP contribution in [0.1, 0.15) is 23.2 Å². The largest absolute Gasteiger partial charge is 0.486 e. The van der Waals surface area contributed by atoms with Gasteiger partial charge in [0, 0.05) is 0 Å². The van der Waals surface area contributed by atoms with Crippen molar-refractivity contribution in [1.82, 2.24) is 19.9 Å². The van der Waals surface area contributed by atoms with E-state index in [2.05, 4.69) is 25.3 Å². The monoisotopic (exact) mass is 407 g/mol. The van der Waals surface area contributed by atoms with Gasteiger partial charge in [0.05, 0.1) is 6.33 Å². The summed E-state index contributed by atoms with van der Waals surface area (Å²) in [5.41, 5.74) is 0.879. The smallest absolute Gasteiger partial charge is 0.375 e. The van der Waals surface area contributed by atoms with Crippen LogP contribution in [-0.4, -0.2) is 37.9 Å². The van der Waals surface area contributed by atoms with E-state index in [0.717, 1.165) is 0 Å². The summed E-state index contributed by atoms with van der Waals surface area (Å²) < 4.78 is 16.2. The molecule has 1 aromatic carbocycles. The van der Waals surface area contributed by atoms with Gasteiger partial charge in [-0.2, -0.15) is 0 Å². The molecule has 0 radical (unpaired) electrons. The minimum Gasteiger partial charge on any atom is -0.486 e. The first kappa shape index (κ1) is 19.1. The number of aromatic nitrogens is 4.